The molecule has 0 unspecified atom stereocenters. The number of nitrogens with zero attached hydrogens (tertiary/aromatic N) is 2. The molecule has 1 aliphatic carbocycles. The summed E-state index contributed by atoms with van der Waals surface area (Å²) in [4.78, 5) is 5.98. The number of fused-ring (bicyclic) bond motifs is 1. The third kappa shape index (κ3) is 3.38. The maximum Gasteiger partial charge on any atom is 0.134 e. The van der Waals surface area contributed by atoms with Crippen LogP contribution in [0.15, 0.2) is 35.3 Å². The average molecular weight is 322 g/mol. The predicted octanol–water partition coefficient (Wildman–Crippen LogP) is 5.52. The van der Waals surface area contributed by atoms with Gasteiger partial charge < -0.3 is 0 Å². The molecule has 0 saturated heterocycles. The molecule has 0 amide bonds. The van der Waals surface area contributed by atoms with E-state index < -0.39 is 0 Å². The molecule has 0 fully saturated rings. The van der Waals surface area contributed by atoms with Crippen LogP contribution in [0.1, 0.15) is 48.8 Å². The number of aliphatic imine (C=N–C) groups is 1. The highest BCUT2D eigenvalue weighted by molar-refractivity contribution is 7.16. The molecule has 0 saturated carbocycles. The van der Waals surface area contributed by atoms with Crippen LogP contribution in [0.5, 0.6) is 0 Å². The van der Waals surface area contributed by atoms with Crippen molar-refractivity contribution in [3.8, 4) is 6.07 Å². The summed E-state index contributed by atoms with van der Waals surface area (Å²) in [5, 5.41) is 10.4. The van der Waals surface area contributed by atoms with Gasteiger partial charge in [-0.25, -0.2) is 4.99 Å². The number of hydrogen-bond donors (Lipinski definition) is 0. The molecule has 1 aromatic carbocycles. The van der Waals surface area contributed by atoms with Gasteiger partial charge in [0, 0.05) is 11.1 Å². The molecule has 2 nitrogen and oxygen atoms in total. The molecule has 1 heterocycles. The van der Waals surface area contributed by atoms with Crippen molar-refractivity contribution in [1.29, 1.82) is 5.26 Å². The normalized spacial score (nSPS) is 17.9. The molecule has 3 heteroatoms. The van der Waals surface area contributed by atoms with Gasteiger partial charge in [-0.05, 0) is 41.7 Å². The van der Waals surface area contributed by atoms with E-state index in [0.29, 0.717) is 11.3 Å². The monoisotopic (exact) mass is 322 g/mol. The lowest BCUT2D eigenvalue weighted by molar-refractivity contribution is 0.218. The van der Waals surface area contributed by atoms with Gasteiger partial charge in [-0.1, -0.05) is 51.1 Å². The molecule has 3 rings (SSSR count). The van der Waals surface area contributed by atoms with Crippen LogP contribution < -0.4 is 0 Å². The smallest absolute Gasteiger partial charge is 0.134 e. The summed E-state index contributed by atoms with van der Waals surface area (Å²) in [7, 11) is 0. The van der Waals surface area contributed by atoms with Gasteiger partial charge in [0.1, 0.15) is 11.1 Å². The summed E-state index contributed by atoms with van der Waals surface area (Å²) >= 11 is 1.71. The topological polar surface area (TPSA) is 36.1 Å². The Morgan fingerprint density at radius 1 is 1.26 bits per heavy atom. The first-order chi connectivity index (χ1) is 11.0. The Bertz CT molecular complexity index is 757. The Morgan fingerprint density at radius 2 is 2.00 bits per heavy atom. The fourth-order valence-corrected chi connectivity index (χ4v) is 4.41. The molecule has 0 bridgehead atoms. The highest BCUT2D eigenvalue weighted by Crippen LogP contribution is 2.44. The first kappa shape index (κ1) is 16.0. The summed E-state index contributed by atoms with van der Waals surface area (Å²) in [6, 6.07) is 12.4. The van der Waals surface area contributed by atoms with E-state index in [0.717, 1.165) is 29.0 Å². The van der Waals surface area contributed by atoms with Gasteiger partial charge in [-0.2, -0.15) is 5.26 Å². The minimum atomic E-state index is 0.321. The van der Waals surface area contributed by atoms with Gasteiger partial charge in [-0.3, -0.25) is 0 Å². The van der Waals surface area contributed by atoms with Crippen LogP contribution in [0.4, 0.5) is 5.00 Å². The van der Waals surface area contributed by atoms with E-state index in [9.17, 15) is 5.26 Å². The van der Waals surface area contributed by atoms with Gasteiger partial charge in [0.15, 0.2) is 0 Å². The standard InChI is InChI=1S/C20H22N2S/c1-20(2,3)15-9-10-16-17(12-21)19(23-18(16)11-15)22-13-14-7-5-4-6-8-14/h4-8,13,15H,9-11H2,1-3H3/t15-/m0/s1. The van der Waals surface area contributed by atoms with Crippen LogP contribution in [0, 0.1) is 22.7 Å². The Balaban J connectivity index is 1.91. The summed E-state index contributed by atoms with van der Waals surface area (Å²) in [6.07, 6.45) is 5.12. The minimum Gasteiger partial charge on any atom is -0.244 e. The molecule has 1 aliphatic rings. The molecule has 118 valence electrons. The highest BCUT2D eigenvalue weighted by atomic mass is 32.1. The molecular formula is C20H22N2S. The second-order valence-electron chi connectivity index (χ2n) is 7.27. The maximum absolute atomic E-state index is 9.57. The predicted molar refractivity (Wildman–Crippen MR) is 97.7 cm³/mol. The lowest BCUT2D eigenvalue weighted by atomic mass is 9.72. The highest BCUT2D eigenvalue weighted by Gasteiger charge is 2.31. The lowest BCUT2D eigenvalue weighted by Gasteiger charge is -2.33. The first-order valence-electron chi connectivity index (χ1n) is 8.13. The third-order valence-corrected chi connectivity index (χ3v) is 5.88. The van der Waals surface area contributed by atoms with E-state index in [2.05, 4.69) is 31.8 Å². The number of rotatable bonds is 2. The zero-order valence-electron chi connectivity index (χ0n) is 14.0. The van der Waals surface area contributed by atoms with Crippen LogP contribution in [0.3, 0.4) is 0 Å². The van der Waals surface area contributed by atoms with E-state index in [1.165, 1.54) is 16.9 Å². The van der Waals surface area contributed by atoms with Crippen LogP contribution in [-0.2, 0) is 12.8 Å². The average Bonchev–Trinajstić information content (AvgIpc) is 2.89. The Morgan fingerprint density at radius 3 is 2.65 bits per heavy atom. The molecule has 0 N–H and O–H groups in total. The summed E-state index contributed by atoms with van der Waals surface area (Å²) < 4.78 is 0. The van der Waals surface area contributed by atoms with Gasteiger partial charge in [-0.15, -0.1) is 11.3 Å². The molecule has 23 heavy (non-hydrogen) atoms. The Labute approximate surface area is 142 Å². The van der Waals surface area contributed by atoms with E-state index in [4.69, 9.17) is 0 Å². The number of benzene rings is 1. The number of nitriles is 1. The van der Waals surface area contributed by atoms with Crippen molar-refractivity contribution in [1.82, 2.24) is 0 Å². The minimum absolute atomic E-state index is 0.321. The van der Waals surface area contributed by atoms with E-state index in [-0.39, 0.29) is 0 Å². The largest absolute Gasteiger partial charge is 0.244 e. The van der Waals surface area contributed by atoms with Gasteiger partial charge in [0.05, 0.1) is 5.56 Å². The van der Waals surface area contributed by atoms with Gasteiger partial charge >= 0.3 is 0 Å². The molecule has 1 atom stereocenters. The van der Waals surface area contributed by atoms with Crippen molar-refractivity contribution < 1.29 is 0 Å². The molecule has 0 radical (unpaired) electrons. The van der Waals surface area contributed by atoms with Crippen molar-refractivity contribution in [2.75, 3.05) is 0 Å². The van der Waals surface area contributed by atoms with E-state index in [1.54, 1.807) is 11.3 Å². The fraction of sp³-hybridized carbons (Fsp3) is 0.400. The van der Waals surface area contributed by atoms with Crippen molar-refractivity contribution >= 4 is 22.6 Å². The second-order valence-corrected chi connectivity index (χ2v) is 8.35. The number of hydrogen-bond acceptors (Lipinski definition) is 3. The zero-order chi connectivity index (χ0) is 16.4. The zero-order valence-corrected chi connectivity index (χ0v) is 14.8. The van der Waals surface area contributed by atoms with Crippen LogP contribution in [0.2, 0.25) is 0 Å². The van der Waals surface area contributed by atoms with Crippen molar-refractivity contribution in [2.24, 2.45) is 16.3 Å². The SMILES string of the molecule is CC(C)(C)[C@H]1CCc2c(sc(N=Cc3ccccc3)c2C#N)C1. The molecular weight excluding hydrogens is 300 g/mol. The molecule has 0 aliphatic heterocycles. The fourth-order valence-electron chi connectivity index (χ4n) is 3.19. The van der Waals surface area contributed by atoms with Crippen LogP contribution in [0.25, 0.3) is 0 Å². The summed E-state index contributed by atoms with van der Waals surface area (Å²) in [5.74, 6) is 0.686. The Kier molecular flexibility index (Phi) is 4.37. The van der Waals surface area contributed by atoms with E-state index in [1.807, 2.05) is 36.5 Å². The summed E-state index contributed by atoms with van der Waals surface area (Å²) in [6.45, 7) is 6.95. The van der Waals surface area contributed by atoms with Crippen molar-refractivity contribution in [3.63, 3.8) is 0 Å². The molecule has 0 spiro atoms. The van der Waals surface area contributed by atoms with Crippen molar-refractivity contribution in [3.05, 3.63) is 51.9 Å². The lowest BCUT2D eigenvalue weighted by Crippen LogP contribution is -2.26. The van der Waals surface area contributed by atoms with Crippen LogP contribution >= 0.6 is 11.3 Å². The maximum atomic E-state index is 9.57. The second kappa shape index (κ2) is 6.29. The molecule has 1 aromatic heterocycles. The first-order valence-corrected chi connectivity index (χ1v) is 8.94. The molecule has 2 aromatic rings. The Hall–Kier alpha value is -1.92. The van der Waals surface area contributed by atoms with Crippen LogP contribution in [-0.4, -0.2) is 6.21 Å². The van der Waals surface area contributed by atoms with E-state index >= 15 is 0 Å². The summed E-state index contributed by atoms with van der Waals surface area (Å²) in [5.41, 5.74) is 3.43. The quantitative estimate of drug-likeness (QED) is 0.670. The number of thiophene rings is 1. The third-order valence-electron chi connectivity index (χ3n) is 4.71. The van der Waals surface area contributed by atoms with Gasteiger partial charge in [0.2, 0.25) is 0 Å². The van der Waals surface area contributed by atoms with Crippen molar-refractivity contribution in [2.45, 2.75) is 40.0 Å². The van der Waals surface area contributed by atoms with Gasteiger partial charge in [0.25, 0.3) is 0 Å².